The van der Waals surface area contributed by atoms with E-state index in [0.29, 0.717) is 24.9 Å². The summed E-state index contributed by atoms with van der Waals surface area (Å²) in [6.07, 6.45) is 4.46. The molecule has 1 amide bonds. The number of methoxy groups -OCH3 is 1. The topological polar surface area (TPSA) is 59.0 Å². The van der Waals surface area contributed by atoms with Gasteiger partial charge in [-0.25, -0.2) is 4.79 Å². The Bertz CT molecular complexity index is 597. The molecule has 1 aromatic rings. The molecular formula is C19H26INO4. The lowest BCUT2D eigenvalue weighted by Crippen LogP contribution is -2.45. The molecule has 0 aliphatic heterocycles. The van der Waals surface area contributed by atoms with Gasteiger partial charge in [-0.1, -0.05) is 24.6 Å². The summed E-state index contributed by atoms with van der Waals surface area (Å²) < 4.78 is 11.5. The largest absolute Gasteiger partial charge is 0.465 e. The van der Waals surface area contributed by atoms with Crippen LogP contribution in [0, 0.1) is 15.4 Å². The van der Waals surface area contributed by atoms with Crippen molar-refractivity contribution < 1.29 is 19.4 Å². The Morgan fingerprint density at radius 2 is 2.16 bits per heavy atom. The zero-order chi connectivity index (χ0) is 17.8. The minimum atomic E-state index is -0.811. The van der Waals surface area contributed by atoms with E-state index in [2.05, 4.69) is 22.6 Å². The van der Waals surface area contributed by atoms with Crippen LogP contribution in [0.5, 0.6) is 0 Å². The van der Waals surface area contributed by atoms with E-state index >= 15 is 0 Å². The molecule has 3 rings (SSSR count). The number of carboxylic acid groups (broad SMARTS) is 1. The second-order valence-corrected chi connectivity index (χ2v) is 8.24. The molecule has 3 unspecified atom stereocenters. The molecular weight excluding hydrogens is 433 g/mol. The van der Waals surface area contributed by atoms with Crippen molar-refractivity contribution >= 4 is 28.7 Å². The molecule has 1 aromatic carbocycles. The Balaban J connectivity index is 1.84. The average molecular weight is 459 g/mol. The van der Waals surface area contributed by atoms with E-state index in [1.807, 2.05) is 24.3 Å². The third kappa shape index (κ3) is 4.28. The van der Waals surface area contributed by atoms with Gasteiger partial charge in [-0.3, -0.25) is 4.90 Å². The van der Waals surface area contributed by atoms with Crippen molar-refractivity contribution in [1.82, 2.24) is 4.90 Å². The summed E-state index contributed by atoms with van der Waals surface area (Å²) in [5.74, 6) is 1.22. The van der Waals surface area contributed by atoms with Gasteiger partial charge in [0.25, 0.3) is 0 Å². The first kappa shape index (κ1) is 18.9. The normalized spacial score (nSPS) is 25.9. The van der Waals surface area contributed by atoms with E-state index in [4.69, 9.17) is 9.47 Å². The predicted molar refractivity (Wildman–Crippen MR) is 103 cm³/mol. The molecule has 4 atom stereocenters. The van der Waals surface area contributed by atoms with Gasteiger partial charge in [0.15, 0.2) is 0 Å². The maximum atomic E-state index is 12.2. The van der Waals surface area contributed by atoms with Crippen LogP contribution in [0.15, 0.2) is 24.3 Å². The van der Waals surface area contributed by atoms with Crippen molar-refractivity contribution in [2.75, 3.05) is 20.5 Å². The van der Waals surface area contributed by atoms with E-state index < -0.39 is 6.09 Å². The van der Waals surface area contributed by atoms with Crippen molar-refractivity contribution in [3.63, 3.8) is 0 Å². The maximum Gasteiger partial charge on any atom is 0.408 e. The number of ether oxygens (including phenoxy) is 2. The summed E-state index contributed by atoms with van der Waals surface area (Å²) >= 11 is 2.30. The van der Waals surface area contributed by atoms with E-state index in [9.17, 15) is 9.90 Å². The zero-order valence-corrected chi connectivity index (χ0v) is 16.7. The minimum absolute atomic E-state index is 0.139. The molecule has 0 aromatic heterocycles. The fourth-order valence-electron chi connectivity index (χ4n) is 4.59. The highest BCUT2D eigenvalue weighted by Gasteiger charge is 2.46. The molecule has 1 N–H and O–H groups in total. The molecule has 2 aliphatic carbocycles. The SMILES string of the molecule is COCOCC[C@@H](c1ccccc1I)N(C(=O)O)C1CC2CCC1C2. The monoisotopic (exact) mass is 459 g/mol. The Kier molecular flexibility index (Phi) is 6.57. The average Bonchev–Trinajstić information content (AvgIpc) is 3.21. The van der Waals surface area contributed by atoms with Crippen molar-refractivity contribution in [2.24, 2.45) is 11.8 Å². The van der Waals surface area contributed by atoms with Gasteiger partial charge in [0.2, 0.25) is 0 Å². The Labute approximate surface area is 162 Å². The maximum absolute atomic E-state index is 12.2. The summed E-state index contributed by atoms with van der Waals surface area (Å²) in [6.45, 7) is 0.716. The quantitative estimate of drug-likeness (QED) is 0.353. The van der Waals surface area contributed by atoms with E-state index in [1.54, 1.807) is 12.0 Å². The summed E-state index contributed by atoms with van der Waals surface area (Å²) in [4.78, 5) is 14.0. The van der Waals surface area contributed by atoms with Crippen LogP contribution in [0.1, 0.15) is 43.7 Å². The van der Waals surface area contributed by atoms with Gasteiger partial charge in [-0.15, -0.1) is 0 Å². The van der Waals surface area contributed by atoms with Crippen LogP contribution in [0.2, 0.25) is 0 Å². The Morgan fingerprint density at radius 3 is 2.76 bits per heavy atom. The molecule has 25 heavy (non-hydrogen) atoms. The summed E-state index contributed by atoms with van der Waals surface area (Å²) in [6, 6.07) is 8.03. The molecule has 2 bridgehead atoms. The third-order valence-electron chi connectivity index (χ3n) is 5.62. The molecule has 0 radical (unpaired) electrons. The van der Waals surface area contributed by atoms with Gasteiger partial charge in [-0.2, -0.15) is 0 Å². The highest BCUT2D eigenvalue weighted by molar-refractivity contribution is 14.1. The number of hydrogen-bond acceptors (Lipinski definition) is 3. The summed E-state index contributed by atoms with van der Waals surface area (Å²) in [7, 11) is 1.59. The second kappa shape index (κ2) is 8.68. The van der Waals surface area contributed by atoms with Gasteiger partial charge in [0.05, 0.1) is 12.6 Å². The van der Waals surface area contributed by atoms with Crippen LogP contribution in [-0.2, 0) is 9.47 Å². The number of nitrogens with zero attached hydrogens (tertiary/aromatic N) is 1. The second-order valence-electron chi connectivity index (χ2n) is 7.07. The summed E-state index contributed by atoms with van der Waals surface area (Å²) in [5, 5.41) is 10.0. The fraction of sp³-hybridized carbons (Fsp3) is 0.632. The van der Waals surface area contributed by atoms with E-state index in [1.165, 1.54) is 12.8 Å². The molecule has 5 nitrogen and oxygen atoms in total. The molecule has 6 heteroatoms. The number of carbonyl (C=O) groups is 1. The number of benzene rings is 1. The molecule has 0 saturated heterocycles. The first-order valence-corrected chi connectivity index (χ1v) is 10.0. The van der Waals surface area contributed by atoms with Crippen molar-refractivity contribution in [3.8, 4) is 0 Å². The minimum Gasteiger partial charge on any atom is -0.465 e. The lowest BCUT2D eigenvalue weighted by atomic mass is 9.91. The summed E-state index contributed by atoms with van der Waals surface area (Å²) in [5.41, 5.74) is 1.08. The lowest BCUT2D eigenvalue weighted by Gasteiger charge is -2.39. The number of fused-ring (bicyclic) bond motifs is 2. The number of amides is 1. The molecule has 0 spiro atoms. The highest BCUT2D eigenvalue weighted by Crippen LogP contribution is 2.48. The van der Waals surface area contributed by atoms with E-state index in [-0.39, 0.29) is 18.9 Å². The third-order valence-corrected chi connectivity index (χ3v) is 6.60. The molecule has 138 valence electrons. The Hall–Kier alpha value is -0.860. The highest BCUT2D eigenvalue weighted by atomic mass is 127. The predicted octanol–water partition coefficient (Wildman–Crippen LogP) is 4.51. The van der Waals surface area contributed by atoms with Crippen LogP contribution in [-0.4, -0.2) is 42.7 Å². The van der Waals surface area contributed by atoms with Gasteiger partial charge in [0, 0.05) is 16.7 Å². The smallest absolute Gasteiger partial charge is 0.408 e. The number of rotatable bonds is 8. The zero-order valence-electron chi connectivity index (χ0n) is 14.6. The van der Waals surface area contributed by atoms with Crippen LogP contribution in [0.25, 0.3) is 0 Å². The van der Waals surface area contributed by atoms with Gasteiger partial charge < -0.3 is 14.6 Å². The molecule has 2 aliphatic rings. The van der Waals surface area contributed by atoms with E-state index in [0.717, 1.165) is 22.0 Å². The van der Waals surface area contributed by atoms with Crippen molar-refractivity contribution in [1.29, 1.82) is 0 Å². The van der Waals surface area contributed by atoms with Crippen LogP contribution >= 0.6 is 22.6 Å². The molecule has 0 heterocycles. The van der Waals surface area contributed by atoms with Crippen LogP contribution in [0.3, 0.4) is 0 Å². The first-order valence-electron chi connectivity index (χ1n) is 8.94. The number of halogens is 1. The molecule has 2 fully saturated rings. The van der Waals surface area contributed by atoms with Gasteiger partial charge >= 0.3 is 6.09 Å². The fourth-order valence-corrected chi connectivity index (χ4v) is 5.33. The Morgan fingerprint density at radius 1 is 1.36 bits per heavy atom. The van der Waals surface area contributed by atoms with Crippen LogP contribution in [0.4, 0.5) is 4.79 Å². The lowest BCUT2D eigenvalue weighted by molar-refractivity contribution is -0.0385. The van der Waals surface area contributed by atoms with Crippen molar-refractivity contribution in [2.45, 2.75) is 44.2 Å². The van der Waals surface area contributed by atoms with Crippen LogP contribution < -0.4 is 0 Å². The molecule has 2 saturated carbocycles. The number of hydrogen-bond donors (Lipinski definition) is 1. The first-order chi connectivity index (χ1) is 12.1. The van der Waals surface area contributed by atoms with Gasteiger partial charge in [0.1, 0.15) is 6.79 Å². The standard InChI is InChI=1S/C19H26INO4/c1-24-12-25-9-8-17(15-4-2-3-5-16(15)20)21(19(22)23)18-11-13-6-7-14(18)10-13/h2-5,13-14,17-18H,6-12H2,1H3,(H,22,23)/t13?,14?,17-,18?/m0/s1. The van der Waals surface area contributed by atoms with Crippen molar-refractivity contribution in [3.05, 3.63) is 33.4 Å². The van der Waals surface area contributed by atoms with Gasteiger partial charge in [-0.05, 0) is 71.7 Å².